The third kappa shape index (κ3) is 5.63. The van der Waals surface area contributed by atoms with Crippen LogP contribution in [0, 0.1) is 5.41 Å². The summed E-state index contributed by atoms with van der Waals surface area (Å²) in [6.07, 6.45) is 2.36. The number of nitrogens with zero attached hydrogens (tertiary/aromatic N) is 2. The summed E-state index contributed by atoms with van der Waals surface area (Å²) in [5.41, 5.74) is 2.69. The van der Waals surface area contributed by atoms with E-state index >= 15 is 0 Å². The minimum absolute atomic E-state index is 0. The third-order valence-corrected chi connectivity index (χ3v) is 5.73. The topological polar surface area (TPSA) is 46.1 Å². The Balaban J connectivity index is 0.00000240. The lowest BCUT2D eigenvalue weighted by Crippen LogP contribution is -2.41. The number of hydrogen-bond donors (Lipinski definition) is 1. The zero-order valence-electron chi connectivity index (χ0n) is 17.0. The van der Waals surface area contributed by atoms with Crippen LogP contribution in [0.4, 0.5) is 0 Å². The van der Waals surface area contributed by atoms with Gasteiger partial charge in [0, 0.05) is 38.7 Å². The van der Waals surface area contributed by atoms with Crippen molar-refractivity contribution in [3.8, 4) is 5.75 Å². The second-order valence-corrected chi connectivity index (χ2v) is 7.80. The predicted molar refractivity (Wildman–Crippen MR) is 127 cm³/mol. The van der Waals surface area contributed by atoms with Crippen LogP contribution in [0.25, 0.3) is 0 Å². The van der Waals surface area contributed by atoms with Gasteiger partial charge in [0.1, 0.15) is 12.4 Å². The summed E-state index contributed by atoms with van der Waals surface area (Å²) in [4.78, 5) is 6.86. The van der Waals surface area contributed by atoms with Gasteiger partial charge < -0.3 is 19.7 Å². The first-order chi connectivity index (χ1) is 13.8. The quantitative estimate of drug-likeness (QED) is 0.377. The fourth-order valence-electron chi connectivity index (χ4n) is 4.09. The lowest BCUT2D eigenvalue weighted by molar-refractivity contribution is 0.156. The number of aliphatic imine (C=N–C) groups is 1. The van der Waals surface area contributed by atoms with Crippen molar-refractivity contribution >= 4 is 29.9 Å². The van der Waals surface area contributed by atoms with E-state index < -0.39 is 0 Å². The van der Waals surface area contributed by atoms with E-state index in [0.717, 1.165) is 44.6 Å². The molecule has 0 aromatic heterocycles. The normalized spacial score (nSPS) is 21.3. The molecule has 0 saturated carbocycles. The van der Waals surface area contributed by atoms with E-state index in [1.807, 2.05) is 37.4 Å². The maximum atomic E-state index is 5.95. The molecule has 1 unspecified atom stereocenters. The number of ether oxygens (including phenoxy) is 2. The highest BCUT2D eigenvalue weighted by Gasteiger charge is 2.42. The van der Waals surface area contributed by atoms with E-state index in [-0.39, 0.29) is 24.0 Å². The Bertz CT molecular complexity index is 807. The van der Waals surface area contributed by atoms with Gasteiger partial charge in [0.2, 0.25) is 0 Å². The summed E-state index contributed by atoms with van der Waals surface area (Å²) in [5.74, 6) is 1.86. The van der Waals surface area contributed by atoms with Gasteiger partial charge in [-0.3, -0.25) is 4.99 Å². The van der Waals surface area contributed by atoms with Crippen LogP contribution in [0.2, 0.25) is 0 Å². The predicted octanol–water partition coefficient (Wildman–Crippen LogP) is 4.07. The summed E-state index contributed by atoms with van der Waals surface area (Å²) in [5, 5.41) is 3.51. The molecule has 1 atom stereocenters. The SMILES string of the molecule is CN=C(NCc1cccc(OCc2ccccc2)c1)N1CCC2(CCOC2)C1.I. The average molecular weight is 507 g/mol. The fraction of sp³-hybridized carbons (Fsp3) is 0.435. The lowest BCUT2D eigenvalue weighted by Gasteiger charge is -2.25. The number of guanidine groups is 1. The molecule has 0 aliphatic carbocycles. The van der Waals surface area contributed by atoms with Crippen molar-refractivity contribution < 1.29 is 9.47 Å². The first kappa shape index (κ1) is 21.9. The zero-order chi connectivity index (χ0) is 19.2. The number of rotatable bonds is 5. The fourth-order valence-corrected chi connectivity index (χ4v) is 4.09. The summed E-state index contributed by atoms with van der Waals surface area (Å²) in [7, 11) is 1.86. The number of nitrogens with one attached hydrogen (secondary N) is 1. The van der Waals surface area contributed by atoms with E-state index in [9.17, 15) is 0 Å². The lowest BCUT2D eigenvalue weighted by atomic mass is 9.87. The van der Waals surface area contributed by atoms with Gasteiger partial charge in [-0.05, 0) is 36.1 Å². The highest BCUT2D eigenvalue weighted by atomic mass is 127. The molecule has 156 valence electrons. The summed E-state index contributed by atoms with van der Waals surface area (Å²) in [6, 6.07) is 18.5. The van der Waals surface area contributed by atoms with Gasteiger partial charge in [0.25, 0.3) is 0 Å². The highest BCUT2D eigenvalue weighted by Crippen LogP contribution is 2.38. The number of hydrogen-bond acceptors (Lipinski definition) is 3. The minimum atomic E-state index is 0. The van der Waals surface area contributed by atoms with Crippen LogP contribution in [0.15, 0.2) is 59.6 Å². The van der Waals surface area contributed by atoms with Crippen LogP contribution in [0.3, 0.4) is 0 Å². The molecule has 4 rings (SSSR count). The molecule has 2 heterocycles. The molecule has 1 spiro atoms. The molecule has 0 amide bonds. The Morgan fingerprint density at radius 1 is 1.14 bits per heavy atom. The number of likely N-dealkylation sites (tertiary alicyclic amines) is 1. The first-order valence-electron chi connectivity index (χ1n) is 10.1. The van der Waals surface area contributed by atoms with Crippen LogP contribution in [0.5, 0.6) is 5.75 Å². The van der Waals surface area contributed by atoms with Gasteiger partial charge in [0.05, 0.1) is 6.61 Å². The van der Waals surface area contributed by atoms with Crippen LogP contribution >= 0.6 is 24.0 Å². The molecule has 5 nitrogen and oxygen atoms in total. The molecule has 6 heteroatoms. The number of benzene rings is 2. The van der Waals surface area contributed by atoms with Crippen LogP contribution < -0.4 is 10.1 Å². The molecule has 2 aliphatic heterocycles. The van der Waals surface area contributed by atoms with Gasteiger partial charge in [-0.25, -0.2) is 0 Å². The van der Waals surface area contributed by atoms with Gasteiger partial charge >= 0.3 is 0 Å². The highest BCUT2D eigenvalue weighted by molar-refractivity contribution is 14.0. The van der Waals surface area contributed by atoms with Crippen LogP contribution in [0.1, 0.15) is 24.0 Å². The maximum absolute atomic E-state index is 5.95. The molecular weight excluding hydrogens is 477 g/mol. The van der Waals surface area contributed by atoms with Crippen LogP contribution in [-0.4, -0.2) is 44.2 Å². The second kappa shape index (κ2) is 10.3. The standard InChI is InChI=1S/C23H29N3O2.HI/c1-24-22(26-12-10-23(17-26)11-13-27-18-23)25-15-20-8-5-9-21(14-20)28-16-19-6-3-2-4-7-19;/h2-9,14H,10-13,15-18H2,1H3,(H,24,25);1H. The monoisotopic (exact) mass is 507 g/mol. The Morgan fingerprint density at radius 2 is 1.97 bits per heavy atom. The summed E-state index contributed by atoms with van der Waals surface area (Å²) < 4.78 is 11.6. The van der Waals surface area contributed by atoms with E-state index in [2.05, 4.69) is 39.5 Å². The summed E-state index contributed by atoms with van der Waals surface area (Å²) >= 11 is 0. The first-order valence-corrected chi connectivity index (χ1v) is 10.1. The van der Waals surface area contributed by atoms with E-state index in [1.165, 1.54) is 24.0 Å². The molecule has 2 aromatic rings. The Labute approximate surface area is 190 Å². The van der Waals surface area contributed by atoms with Gasteiger partial charge in [0.15, 0.2) is 5.96 Å². The van der Waals surface area contributed by atoms with Crippen molar-refractivity contribution in [2.75, 3.05) is 33.4 Å². The molecule has 0 bridgehead atoms. The van der Waals surface area contributed by atoms with E-state index in [4.69, 9.17) is 9.47 Å². The Morgan fingerprint density at radius 3 is 2.72 bits per heavy atom. The van der Waals surface area contributed by atoms with Crippen molar-refractivity contribution in [2.45, 2.75) is 26.0 Å². The molecule has 2 fully saturated rings. The zero-order valence-corrected chi connectivity index (χ0v) is 19.3. The second-order valence-electron chi connectivity index (χ2n) is 7.80. The smallest absolute Gasteiger partial charge is 0.193 e. The molecule has 29 heavy (non-hydrogen) atoms. The third-order valence-electron chi connectivity index (χ3n) is 5.73. The van der Waals surface area contributed by atoms with Crippen molar-refractivity contribution in [2.24, 2.45) is 10.4 Å². The molecule has 2 aliphatic rings. The Hall–Kier alpha value is -1.80. The van der Waals surface area contributed by atoms with Crippen molar-refractivity contribution in [1.29, 1.82) is 0 Å². The van der Waals surface area contributed by atoms with Crippen molar-refractivity contribution in [1.82, 2.24) is 10.2 Å². The summed E-state index contributed by atoms with van der Waals surface area (Å²) in [6.45, 7) is 5.18. The van der Waals surface area contributed by atoms with Gasteiger partial charge in [-0.2, -0.15) is 0 Å². The van der Waals surface area contributed by atoms with E-state index in [0.29, 0.717) is 12.0 Å². The average Bonchev–Trinajstić information content (AvgIpc) is 3.38. The minimum Gasteiger partial charge on any atom is -0.489 e. The molecule has 2 aromatic carbocycles. The Kier molecular flexibility index (Phi) is 7.77. The molecule has 0 radical (unpaired) electrons. The van der Waals surface area contributed by atoms with Gasteiger partial charge in [-0.1, -0.05) is 42.5 Å². The van der Waals surface area contributed by atoms with Gasteiger partial charge in [-0.15, -0.1) is 24.0 Å². The maximum Gasteiger partial charge on any atom is 0.193 e. The van der Waals surface area contributed by atoms with Crippen molar-refractivity contribution in [3.63, 3.8) is 0 Å². The number of halogens is 1. The largest absolute Gasteiger partial charge is 0.489 e. The molecule has 1 N–H and O–H groups in total. The van der Waals surface area contributed by atoms with E-state index in [1.54, 1.807) is 0 Å². The molecular formula is C23H30IN3O2. The van der Waals surface area contributed by atoms with Crippen LogP contribution in [-0.2, 0) is 17.9 Å². The molecule has 2 saturated heterocycles. The van der Waals surface area contributed by atoms with Crippen molar-refractivity contribution in [3.05, 3.63) is 65.7 Å².